The van der Waals surface area contributed by atoms with Crippen LogP contribution in [0.5, 0.6) is 0 Å². The van der Waals surface area contributed by atoms with E-state index in [2.05, 4.69) is 10.4 Å². The van der Waals surface area contributed by atoms with E-state index < -0.39 is 53.1 Å². The summed E-state index contributed by atoms with van der Waals surface area (Å²) in [6.07, 6.45) is -9.68. The van der Waals surface area contributed by atoms with E-state index in [4.69, 9.17) is 9.84 Å². The van der Waals surface area contributed by atoms with E-state index in [9.17, 15) is 35.9 Å². The van der Waals surface area contributed by atoms with Crippen LogP contribution in [0.4, 0.5) is 32.2 Å². The number of benzene rings is 3. The predicted octanol–water partition coefficient (Wildman–Crippen LogP) is 6.89. The molecule has 2 heterocycles. The molecule has 0 fully saturated rings. The van der Waals surface area contributed by atoms with Crippen molar-refractivity contribution in [2.75, 3.05) is 18.1 Å². The van der Waals surface area contributed by atoms with E-state index >= 15 is 0 Å². The van der Waals surface area contributed by atoms with Gasteiger partial charge in [-0.15, -0.1) is 0 Å². The normalized spacial score (nSPS) is 15.5. The molecule has 0 saturated heterocycles. The third-order valence-electron chi connectivity index (χ3n) is 7.51. The molecule has 14 heteroatoms. The number of nitrogens with one attached hydrogen (secondary N) is 1. The van der Waals surface area contributed by atoms with Gasteiger partial charge in [0, 0.05) is 13.1 Å². The van der Waals surface area contributed by atoms with Gasteiger partial charge in [-0.2, -0.15) is 31.4 Å². The van der Waals surface area contributed by atoms with Gasteiger partial charge in [-0.3, -0.25) is 4.79 Å². The fourth-order valence-electron chi connectivity index (χ4n) is 5.29. The van der Waals surface area contributed by atoms with Crippen LogP contribution in [0.25, 0.3) is 0 Å². The van der Waals surface area contributed by atoms with E-state index in [1.54, 1.807) is 12.1 Å². The molecule has 1 amide bonds. The minimum Gasteiger partial charge on any atom is -0.478 e. The molecule has 8 nitrogen and oxygen atoms in total. The lowest BCUT2D eigenvalue weighted by Crippen LogP contribution is -2.31. The zero-order chi connectivity index (χ0) is 33.2. The molecular weight excluding hydrogens is 618 g/mol. The third kappa shape index (κ3) is 7.17. The summed E-state index contributed by atoms with van der Waals surface area (Å²) in [7, 11) is 0. The van der Waals surface area contributed by atoms with Crippen LogP contribution in [0.2, 0.25) is 0 Å². The molecule has 2 atom stereocenters. The Morgan fingerprint density at radius 2 is 1.63 bits per heavy atom. The number of amides is 1. The number of anilines is 1. The number of nitrogens with zero attached hydrogens (tertiary/aromatic N) is 3. The van der Waals surface area contributed by atoms with Crippen molar-refractivity contribution in [3.63, 3.8) is 0 Å². The highest BCUT2D eigenvalue weighted by atomic mass is 19.4. The van der Waals surface area contributed by atoms with Crippen molar-refractivity contribution in [3.05, 3.63) is 118 Å². The van der Waals surface area contributed by atoms with Gasteiger partial charge in [0.05, 0.1) is 36.4 Å². The first-order valence-electron chi connectivity index (χ1n) is 14.1. The Labute approximate surface area is 259 Å². The molecule has 1 unspecified atom stereocenters. The number of aromatic carboxylic acids is 1. The molecule has 3 aromatic carbocycles. The number of fused-ring (bicyclic) bond motifs is 1. The number of carboxylic acids is 1. The van der Waals surface area contributed by atoms with Crippen molar-refractivity contribution < 1.29 is 45.8 Å². The molecule has 5 rings (SSSR count). The van der Waals surface area contributed by atoms with Crippen LogP contribution >= 0.6 is 0 Å². The van der Waals surface area contributed by atoms with Gasteiger partial charge in [0.15, 0.2) is 5.69 Å². The van der Waals surface area contributed by atoms with Crippen LogP contribution in [-0.2, 0) is 30.2 Å². The Kier molecular flexibility index (Phi) is 9.10. The van der Waals surface area contributed by atoms with Crippen LogP contribution < -0.4 is 10.2 Å². The summed E-state index contributed by atoms with van der Waals surface area (Å²) in [5.74, 6) is -2.48. The molecule has 0 saturated carbocycles. The Morgan fingerprint density at radius 3 is 2.26 bits per heavy atom. The van der Waals surface area contributed by atoms with Gasteiger partial charge in [0.25, 0.3) is 5.91 Å². The number of aromatic nitrogens is 2. The lowest BCUT2D eigenvalue weighted by atomic mass is 10.1. The largest absolute Gasteiger partial charge is 0.478 e. The number of hydrogen-bond donors (Lipinski definition) is 2. The topological polar surface area (TPSA) is 96.7 Å². The molecule has 0 bridgehead atoms. The monoisotopic (exact) mass is 646 g/mol. The first-order valence-corrected chi connectivity index (χ1v) is 14.1. The standard InChI is InChI=1S/C32H28F6N4O4/c1-19(22-10-12-23(13-11-22)30(44)45)39-28(43)26-27(32(36,37)38)40-42-25(18-46-17-20-6-3-2-4-7-20)16-41(29(26)42)15-21-8-5-9-24(14-21)31(33,34)35/h2-14,19,25H,15-18H2,1H3,(H,39,43)(H,44,45)/t19?,25-/m0/s1. The van der Waals surface area contributed by atoms with Crippen LogP contribution in [0.1, 0.15) is 67.7 Å². The first kappa shape index (κ1) is 32.5. The first-order chi connectivity index (χ1) is 21.7. The highest BCUT2D eigenvalue weighted by Crippen LogP contribution is 2.42. The van der Waals surface area contributed by atoms with E-state index in [1.807, 2.05) is 18.2 Å². The summed E-state index contributed by atoms with van der Waals surface area (Å²) < 4.78 is 90.4. The predicted molar refractivity (Wildman–Crippen MR) is 154 cm³/mol. The van der Waals surface area contributed by atoms with Gasteiger partial charge in [0.1, 0.15) is 11.4 Å². The van der Waals surface area contributed by atoms with Gasteiger partial charge in [-0.05, 0) is 47.9 Å². The number of carbonyl (C=O) groups is 2. The molecule has 1 aromatic heterocycles. The maximum atomic E-state index is 14.4. The number of carboxylic acid groups (broad SMARTS) is 1. The van der Waals surface area contributed by atoms with E-state index in [0.29, 0.717) is 5.56 Å². The summed E-state index contributed by atoms with van der Waals surface area (Å²) in [6.45, 7) is 1.35. The maximum Gasteiger partial charge on any atom is 0.436 e. The second-order valence-corrected chi connectivity index (χ2v) is 10.8. The fourth-order valence-corrected chi connectivity index (χ4v) is 5.29. The minimum absolute atomic E-state index is 0.0119. The van der Waals surface area contributed by atoms with E-state index in [1.165, 1.54) is 48.2 Å². The SMILES string of the molecule is CC(NC(=O)c1c(C(F)(F)F)nn2c1N(Cc1cccc(C(F)(F)F)c1)C[C@H]2COCc1ccccc1)c1ccc(C(=O)O)cc1. The molecule has 0 radical (unpaired) electrons. The van der Waals surface area contributed by atoms with Crippen LogP contribution in [0.3, 0.4) is 0 Å². The second kappa shape index (κ2) is 12.9. The molecule has 46 heavy (non-hydrogen) atoms. The van der Waals surface area contributed by atoms with Crippen LogP contribution in [-0.4, -0.2) is 39.9 Å². The Bertz CT molecular complexity index is 1700. The van der Waals surface area contributed by atoms with Gasteiger partial charge < -0.3 is 20.1 Å². The number of alkyl halides is 6. The molecule has 2 N–H and O–H groups in total. The van der Waals surface area contributed by atoms with Crippen LogP contribution in [0, 0.1) is 0 Å². The van der Waals surface area contributed by atoms with Gasteiger partial charge >= 0.3 is 18.3 Å². The highest BCUT2D eigenvalue weighted by molar-refractivity contribution is 6.01. The number of rotatable bonds is 10. The Balaban J connectivity index is 1.49. The summed E-state index contributed by atoms with van der Waals surface area (Å²) in [5.41, 5.74) is -1.74. The van der Waals surface area contributed by atoms with Crippen molar-refractivity contribution in [2.24, 2.45) is 0 Å². The minimum atomic E-state index is -5.05. The molecule has 242 valence electrons. The Hall–Kier alpha value is -4.85. The summed E-state index contributed by atoms with van der Waals surface area (Å²) in [5, 5.41) is 15.5. The smallest absolute Gasteiger partial charge is 0.436 e. The lowest BCUT2D eigenvalue weighted by Gasteiger charge is -2.22. The zero-order valence-corrected chi connectivity index (χ0v) is 24.3. The lowest BCUT2D eigenvalue weighted by molar-refractivity contribution is -0.142. The van der Waals surface area contributed by atoms with Crippen molar-refractivity contribution in [1.82, 2.24) is 15.1 Å². The van der Waals surface area contributed by atoms with Gasteiger partial charge in [0.2, 0.25) is 0 Å². The van der Waals surface area contributed by atoms with E-state index in [0.717, 1.165) is 22.4 Å². The maximum absolute atomic E-state index is 14.4. The highest BCUT2D eigenvalue weighted by Gasteiger charge is 2.46. The van der Waals surface area contributed by atoms with Gasteiger partial charge in [-0.1, -0.05) is 54.6 Å². The summed E-state index contributed by atoms with van der Waals surface area (Å²) in [4.78, 5) is 26.2. The van der Waals surface area contributed by atoms with Crippen molar-refractivity contribution in [3.8, 4) is 0 Å². The third-order valence-corrected chi connectivity index (χ3v) is 7.51. The average Bonchev–Trinajstić information content (AvgIpc) is 3.56. The second-order valence-electron chi connectivity index (χ2n) is 10.8. The molecule has 0 spiro atoms. The van der Waals surface area contributed by atoms with Crippen molar-refractivity contribution >= 4 is 17.7 Å². The summed E-state index contributed by atoms with van der Waals surface area (Å²) in [6, 6.07) is 17.3. The average molecular weight is 647 g/mol. The number of halogens is 6. The number of ether oxygens (including phenoxy) is 1. The molecule has 4 aromatic rings. The summed E-state index contributed by atoms with van der Waals surface area (Å²) >= 11 is 0. The van der Waals surface area contributed by atoms with E-state index in [-0.39, 0.29) is 43.2 Å². The molecule has 1 aliphatic heterocycles. The van der Waals surface area contributed by atoms with Crippen LogP contribution in [0.15, 0.2) is 78.9 Å². The fraction of sp³-hybridized carbons (Fsp3) is 0.281. The number of hydrogen-bond acceptors (Lipinski definition) is 5. The quantitative estimate of drug-likeness (QED) is 0.182. The zero-order valence-electron chi connectivity index (χ0n) is 24.3. The number of carbonyl (C=O) groups excluding carboxylic acids is 1. The molecule has 1 aliphatic rings. The Morgan fingerprint density at radius 1 is 0.957 bits per heavy atom. The molecular formula is C32H28F6N4O4. The van der Waals surface area contributed by atoms with Crippen molar-refractivity contribution in [2.45, 2.75) is 44.5 Å². The molecule has 0 aliphatic carbocycles. The van der Waals surface area contributed by atoms with Gasteiger partial charge in [-0.25, -0.2) is 9.48 Å². The van der Waals surface area contributed by atoms with Crippen molar-refractivity contribution in [1.29, 1.82) is 0 Å².